The third-order valence-corrected chi connectivity index (χ3v) is 5.30. The predicted molar refractivity (Wildman–Crippen MR) is 118 cm³/mol. The molecule has 0 spiro atoms. The molecule has 0 atom stereocenters. The number of carbonyl (C=O) groups excluding carboxylic acids is 1. The van der Waals surface area contributed by atoms with Gasteiger partial charge in [0.2, 0.25) is 5.13 Å². The molecule has 2 heterocycles. The first kappa shape index (κ1) is 20.5. The van der Waals surface area contributed by atoms with Gasteiger partial charge in [0.05, 0.1) is 19.6 Å². The monoisotopic (exact) mass is 437 g/mol. The Kier molecular flexibility index (Phi) is 5.43. The lowest BCUT2D eigenvalue weighted by molar-refractivity contribution is 0.0997. The van der Waals surface area contributed by atoms with Crippen LogP contribution < -0.4 is 20.2 Å². The summed E-state index contributed by atoms with van der Waals surface area (Å²) in [5.41, 5.74) is 2.56. The number of hydrogen-bond donors (Lipinski definition) is 1. The van der Waals surface area contributed by atoms with Crippen molar-refractivity contribution in [2.75, 3.05) is 19.5 Å². The summed E-state index contributed by atoms with van der Waals surface area (Å²) in [5, 5.41) is 3.36. The maximum Gasteiger partial charge on any atom is 0.293 e. The Labute approximate surface area is 181 Å². The van der Waals surface area contributed by atoms with E-state index in [4.69, 9.17) is 13.9 Å². The molecule has 0 bridgehead atoms. The summed E-state index contributed by atoms with van der Waals surface area (Å²) in [7, 11) is 3.10. The number of nitrogens with zero attached hydrogens (tertiary/aromatic N) is 2. The van der Waals surface area contributed by atoms with E-state index >= 15 is 0 Å². The summed E-state index contributed by atoms with van der Waals surface area (Å²) in [5.74, 6) is 0.893. The van der Waals surface area contributed by atoms with E-state index in [1.165, 1.54) is 6.07 Å². The molecule has 0 fully saturated rings. The maximum absolute atomic E-state index is 12.7. The molecule has 2 aromatic heterocycles. The highest BCUT2D eigenvalue weighted by Crippen LogP contribution is 2.32. The second-order valence-electron chi connectivity index (χ2n) is 6.88. The van der Waals surface area contributed by atoms with Crippen LogP contribution in [0, 0.1) is 13.8 Å². The molecule has 8 nitrogen and oxygen atoms in total. The number of hydrogen-bond acceptors (Lipinski definition) is 8. The molecule has 0 aliphatic carbocycles. The van der Waals surface area contributed by atoms with Gasteiger partial charge in [-0.25, -0.2) is 0 Å². The second kappa shape index (κ2) is 8.19. The Hall–Kier alpha value is -3.72. The van der Waals surface area contributed by atoms with Crippen LogP contribution in [0.25, 0.3) is 22.4 Å². The van der Waals surface area contributed by atoms with Gasteiger partial charge in [-0.15, -0.1) is 0 Å². The summed E-state index contributed by atoms with van der Waals surface area (Å²) in [6.45, 7) is 3.73. The third-order valence-electron chi connectivity index (χ3n) is 4.67. The minimum absolute atomic E-state index is 0.0904. The first-order valence-electron chi connectivity index (χ1n) is 9.32. The van der Waals surface area contributed by atoms with Crippen LogP contribution in [-0.4, -0.2) is 29.5 Å². The van der Waals surface area contributed by atoms with E-state index in [9.17, 15) is 9.59 Å². The zero-order valence-corrected chi connectivity index (χ0v) is 18.1. The smallest absolute Gasteiger partial charge is 0.293 e. The predicted octanol–water partition coefficient (Wildman–Crippen LogP) is 4.20. The van der Waals surface area contributed by atoms with Crippen molar-refractivity contribution in [1.29, 1.82) is 0 Å². The first-order valence-corrected chi connectivity index (χ1v) is 10.1. The molecule has 4 aromatic rings. The first-order chi connectivity index (χ1) is 14.9. The van der Waals surface area contributed by atoms with Gasteiger partial charge >= 0.3 is 0 Å². The van der Waals surface area contributed by atoms with Crippen LogP contribution >= 0.6 is 11.5 Å². The highest BCUT2D eigenvalue weighted by molar-refractivity contribution is 7.10. The lowest BCUT2D eigenvalue weighted by atomic mass is 10.1. The number of carbonyl (C=O) groups is 1. The molecule has 9 heteroatoms. The van der Waals surface area contributed by atoms with E-state index < -0.39 is 5.91 Å². The lowest BCUT2D eigenvalue weighted by Crippen LogP contribution is -2.15. The number of methoxy groups -OCH3 is 2. The SMILES string of the molecule is COc1ccc(-c2nsc(NC(=O)c3cc(=O)c4cc(C)cc(C)c4o3)n2)cc1OC. The van der Waals surface area contributed by atoms with Gasteiger partial charge in [-0.1, -0.05) is 6.07 Å². The van der Waals surface area contributed by atoms with Crippen LogP contribution in [0.3, 0.4) is 0 Å². The van der Waals surface area contributed by atoms with Crippen LogP contribution in [0.2, 0.25) is 0 Å². The Balaban J connectivity index is 1.61. The van der Waals surface area contributed by atoms with Gasteiger partial charge in [-0.3, -0.25) is 14.9 Å². The Bertz CT molecular complexity index is 1360. The molecule has 158 valence electrons. The normalized spacial score (nSPS) is 10.8. The number of benzene rings is 2. The molecule has 4 rings (SSSR count). The molecule has 0 saturated carbocycles. The van der Waals surface area contributed by atoms with Gasteiger partial charge in [-0.2, -0.15) is 9.36 Å². The number of aryl methyl sites for hydroxylation is 2. The lowest BCUT2D eigenvalue weighted by Gasteiger charge is -2.07. The summed E-state index contributed by atoms with van der Waals surface area (Å²) in [4.78, 5) is 29.5. The van der Waals surface area contributed by atoms with Crippen molar-refractivity contribution >= 4 is 33.5 Å². The standard InChI is InChI=1S/C22H19N3O5S/c1-11-7-12(2)19-14(8-11)15(26)10-18(30-19)21(27)24-22-23-20(25-31-22)13-5-6-16(28-3)17(9-13)29-4/h5-10H,1-4H3,(H,23,24,25,27). The molecular weight excluding hydrogens is 418 g/mol. The number of ether oxygens (including phenoxy) is 2. The van der Waals surface area contributed by atoms with Gasteiger partial charge in [0, 0.05) is 23.2 Å². The van der Waals surface area contributed by atoms with E-state index in [0.717, 1.165) is 22.7 Å². The third kappa shape index (κ3) is 3.99. The van der Waals surface area contributed by atoms with Crippen molar-refractivity contribution in [3.8, 4) is 22.9 Å². The molecule has 0 radical (unpaired) electrons. The highest BCUT2D eigenvalue weighted by atomic mass is 32.1. The van der Waals surface area contributed by atoms with Crippen molar-refractivity contribution in [2.45, 2.75) is 13.8 Å². The topological polar surface area (TPSA) is 104 Å². The van der Waals surface area contributed by atoms with Gasteiger partial charge < -0.3 is 13.9 Å². The fourth-order valence-electron chi connectivity index (χ4n) is 3.25. The number of fused-ring (bicyclic) bond motifs is 1. The van der Waals surface area contributed by atoms with Gasteiger partial charge in [0.1, 0.15) is 5.58 Å². The zero-order valence-electron chi connectivity index (χ0n) is 17.3. The molecular formula is C22H19N3O5S. The summed E-state index contributed by atoms with van der Waals surface area (Å²) in [6, 6.07) is 10.1. The highest BCUT2D eigenvalue weighted by Gasteiger charge is 2.17. The fourth-order valence-corrected chi connectivity index (χ4v) is 3.83. The molecule has 1 amide bonds. The van der Waals surface area contributed by atoms with Crippen molar-refractivity contribution in [3.63, 3.8) is 0 Å². The van der Waals surface area contributed by atoms with Crippen LogP contribution in [0.1, 0.15) is 21.7 Å². The quantitative estimate of drug-likeness (QED) is 0.499. The van der Waals surface area contributed by atoms with E-state index in [1.54, 1.807) is 38.5 Å². The Morgan fingerprint density at radius 1 is 1.06 bits per heavy atom. The number of amides is 1. The average molecular weight is 437 g/mol. The number of rotatable bonds is 5. The molecule has 2 aromatic carbocycles. The fraction of sp³-hybridized carbons (Fsp3) is 0.182. The van der Waals surface area contributed by atoms with Crippen LogP contribution in [-0.2, 0) is 0 Å². The Morgan fingerprint density at radius 2 is 1.84 bits per heavy atom. The second-order valence-corrected chi connectivity index (χ2v) is 7.63. The van der Waals surface area contributed by atoms with Crippen LogP contribution in [0.5, 0.6) is 11.5 Å². The van der Waals surface area contributed by atoms with Crippen molar-refractivity contribution in [2.24, 2.45) is 0 Å². The zero-order chi connectivity index (χ0) is 22.1. The summed E-state index contributed by atoms with van der Waals surface area (Å²) in [6.07, 6.45) is 0. The van der Waals surface area contributed by atoms with E-state index in [1.807, 2.05) is 19.9 Å². The van der Waals surface area contributed by atoms with Crippen molar-refractivity contribution in [3.05, 3.63) is 63.5 Å². The Morgan fingerprint density at radius 3 is 2.58 bits per heavy atom. The van der Waals surface area contributed by atoms with E-state index in [-0.39, 0.29) is 16.3 Å². The number of aromatic nitrogens is 2. The minimum atomic E-state index is -0.575. The van der Waals surface area contributed by atoms with Crippen LogP contribution in [0.15, 0.2) is 45.6 Å². The van der Waals surface area contributed by atoms with Crippen molar-refractivity contribution < 1.29 is 18.7 Å². The van der Waals surface area contributed by atoms with Gasteiger partial charge in [0.25, 0.3) is 5.91 Å². The average Bonchev–Trinajstić information content (AvgIpc) is 3.22. The van der Waals surface area contributed by atoms with Crippen molar-refractivity contribution in [1.82, 2.24) is 9.36 Å². The number of nitrogens with one attached hydrogen (secondary N) is 1. The molecule has 0 aliphatic heterocycles. The van der Waals surface area contributed by atoms with Gasteiger partial charge in [0.15, 0.2) is 28.5 Å². The largest absolute Gasteiger partial charge is 0.493 e. The molecule has 0 saturated heterocycles. The van der Waals surface area contributed by atoms with E-state index in [2.05, 4.69) is 14.7 Å². The summed E-state index contributed by atoms with van der Waals surface area (Å²) < 4.78 is 20.5. The van der Waals surface area contributed by atoms with Gasteiger partial charge in [-0.05, 0) is 49.2 Å². The maximum atomic E-state index is 12.7. The molecule has 0 aliphatic rings. The number of anilines is 1. The molecule has 1 N–H and O–H groups in total. The summed E-state index contributed by atoms with van der Waals surface area (Å²) >= 11 is 1.02. The van der Waals surface area contributed by atoms with E-state index in [0.29, 0.717) is 33.9 Å². The molecule has 0 unspecified atom stereocenters. The minimum Gasteiger partial charge on any atom is -0.493 e. The molecule has 31 heavy (non-hydrogen) atoms. The van der Waals surface area contributed by atoms with Crippen LogP contribution in [0.4, 0.5) is 5.13 Å².